The van der Waals surface area contributed by atoms with Crippen molar-refractivity contribution in [1.82, 2.24) is 9.97 Å². The van der Waals surface area contributed by atoms with Crippen molar-refractivity contribution in [2.24, 2.45) is 0 Å². The molecule has 1 aliphatic heterocycles. The first-order chi connectivity index (χ1) is 12.3. The van der Waals surface area contributed by atoms with Crippen LogP contribution in [0.3, 0.4) is 0 Å². The lowest BCUT2D eigenvalue weighted by Gasteiger charge is -2.29. The molecule has 2 N–H and O–H groups in total. The first-order valence-electron chi connectivity index (χ1n) is 8.10. The number of rotatable bonds is 4. The van der Waals surface area contributed by atoms with Gasteiger partial charge in [-0.2, -0.15) is 0 Å². The number of pyridine rings is 2. The van der Waals surface area contributed by atoms with Gasteiger partial charge in [-0.3, -0.25) is 0 Å². The molecule has 3 aromatic rings. The number of benzene rings is 1. The number of fused-ring (bicyclic) bond motifs is 1. The normalized spacial score (nSPS) is 16.5. The molecule has 4 nitrogen and oxygen atoms in total. The van der Waals surface area contributed by atoms with E-state index in [2.05, 4.69) is 57.5 Å². The van der Waals surface area contributed by atoms with E-state index in [0.29, 0.717) is 5.82 Å². The fraction of sp³-hybridized carbons (Fsp3) is 0.100. The molecule has 1 aliphatic rings. The average molecular weight is 346 g/mol. The highest BCUT2D eigenvalue weighted by molar-refractivity contribution is 7.99. The molecule has 1 atom stereocenters. The minimum absolute atomic E-state index is 0.188. The molecule has 0 amide bonds. The van der Waals surface area contributed by atoms with E-state index in [1.165, 1.54) is 10.9 Å². The van der Waals surface area contributed by atoms with Crippen molar-refractivity contribution in [3.05, 3.63) is 84.8 Å². The molecular weight excluding hydrogens is 328 g/mol. The highest BCUT2D eigenvalue weighted by Gasteiger charge is 2.18. The summed E-state index contributed by atoms with van der Waals surface area (Å²) in [6.45, 7) is 0. The summed E-state index contributed by atoms with van der Waals surface area (Å²) >= 11 is 1.83. The van der Waals surface area contributed by atoms with Gasteiger partial charge < -0.3 is 10.6 Å². The van der Waals surface area contributed by atoms with Crippen LogP contribution in [0.5, 0.6) is 0 Å². The maximum absolute atomic E-state index is 5.77. The lowest BCUT2D eigenvalue weighted by Crippen LogP contribution is -2.28. The van der Waals surface area contributed by atoms with E-state index < -0.39 is 0 Å². The molecule has 2 aromatic heterocycles. The molecule has 0 saturated carbocycles. The average Bonchev–Trinajstić information content (AvgIpc) is 2.66. The van der Waals surface area contributed by atoms with Gasteiger partial charge in [0, 0.05) is 29.7 Å². The van der Waals surface area contributed by atoms with E-state index in [1.807, 2.05) is 42.2 Å². The van der Waals surface area contributed by atoms with E-state index in [-0.39, 0.29) is 5.37 Å². The molecule has 0 radical (unpaired) electrons. The third-order valence-electron chi connectivity index (χ3n) is 4.06. The third-order valence-corrected chi connectivity index (χ3v) is 5.28. The van der Waals surface area contributed by atoms with Crippen LogP contribution >= 0.6 is 11.8 Å². The smallest absolute Gasteiger partial charge is 0.134 e. The molecule has 1 unspecified atom stereocenters. The van der Waals surface area contributed by atoms with Crippen LogP contribution in [-0.4, -0.2) is 15.3 Å². The zero-order chi connectivity index (χ0) is 17.1. The zero-order valence-corrected chi connectivity index (χ0v) is 14.4. The van der Waals surface area contributed by atoms with Crippen molar-refractivity contribution in [2.45, 2.75) is 11.1 Å². The Morgan fingerprint density at radius 1 is 1.04 bits per heavy atom. The number of nitrogens with zero attached hydrogens (tertiary/aromatic N) is 3. The largest absolute Gasteiger partial charge is 0.384 e. The molecule has 124 valence electrons. The van der Waals surface area contributed by atoms with Crippen LogP contribution in [0, 0.1) is 0 Å². The van der Waals surface area contributed by atoms with Gasteiger partial charge >= 0.3 is 0 Å². The number of anilines is 2. The highest BCUT2D eigenvalue weighted by Crippen LogP contribution is 2.30. The maximum atomic E-state index is 5.77. The van der Waals surface area contributed by atoms with Gasteiger partial charge in [-0.25, -0.2) is 9.97 Å². The quantitative estimate of drug-likeness (QED) is 0.760. The summed E-state index contributed by atoms with van der Waals surface area (Å²) in [6, 6.07) is 14.4. The summed E-state index contributed by atoms with van der Waals surface area (Å²) < 4.78 is 0. The van der Waals surface area contributed by atoms with Crippen molar-refractivity contribution in [2.75, 3.05) is 10.6 Å². The second-order valence-electron chi connectivity index (χ2n) is 5.81. The summed E-state index contributed by atoms with van der Waals surface area (Å²) in [6.07, 6.45) is 12.1. The molecule has 0 spiro atoms. The van der Waals surface area contributed by atoms with Crippen LogP contribution in [0.1, 0.15) is 5.56 Å². The summed E-state index contributed by atoms with van der Waals surface area (Å²) in [4.78, 5) is 10.9. The zero-order valence-electron chi connectivity index (χ0n) is 13.6. The second kappa shape index (κ2) is 6.99. The molecule has 4 rings (SSSR count). The van der Waals surface area contributed by atoms with Gasteiger partial charge in [0.05, 0.1) is 5.37 Å². The second-order valence-corrected chi connectivity index (χ2v) is 6.92. The number of hydrogen-bond donors (Lipinski definition) is 1. The molecule has 25 heavy (non-hydrogen) atoms. The first-order valence-corrected chi connectivity index (χ1v) is 9.15. The van der Waals surface area contributed by atoms with Crippen molar-refractivity contribution < 1.29 is 0 Å². The Kier molecular flexibility index (Phi) is 4.39. The standard InChI is InChI=1S/C20H18N4S/c21-18-11-15(8-9-22-18)14-25-20-7-3-4-10-24(20)19-12-16-5-1-2-6-17(16)13-23-19/h1-13,20H,14H2,(H2,21,22). The van der Waals surface area contributed by atoms with Gasteiger partial charge in [0.25, 0.3) is 0 Å². The highest BCUT2D eigenvalue weighted by atomic mass is 32.2. The third kappa shape index (κ3) is 3.51. The van der Waals surface area contributed by atoms with Crippen molar-refractivity contribution >= 4 is 34.2 Å². The topological polar surface area (TPSA) is 55.0 Å². The van der Waals surface area contributed by atoms with Gasteiger partial charge in [-0.1, -0.05) is 36.4 Å². The number of thioether (sulfide) groups is 1. The van der Waals surface area contributed by atoms with Crippen molar-refractivity contribution in [3.8, 4) is 0 Å². The van der Waals surface area contributed by atoms with Gasteiger partial charge in [0.1, 0.15) is 11.6 Å². The fourth-order valence-corrected chi connectivity index (χ4v) is 3.88. The van der Waals surface area contributed by atoms with Gasteiger partial charge in [0.2, 0.25) is 0 Å². The van der Waals surface area contributed by atoms with Gasteiger partial charge in [-0.05, 0) is 35.2 Å². The minimum atomic E-state index is 0.188. The molecule has 0 saturated heterocycles. The summed E-state index contributed by atoms with van der Waals surface area (Å²) in [5, 5.41) is 2.54. The van der Waals surface area contributed by atoms with Gasteiger partial charge in [-0.15, -0.1) is 11.8 Å². The van der Waals surface area contributed by atoms with Crippen molar-refractivity contribution in [3.63, 3.8) is 0 Å². The molecule has 0 aliphatic carbocycles. The Labute approximate surface area is 151 Å². The number of hydrogen-bond acceptors (Lipinski definition) is 5. The summed E-state index contributed by atoms with van der Waals surface area (Å²) in [7, 11) is 0. The van der Waals surface area contributed by atoms with Crippen LogP contribution in [0.25, 0.3) is 10.8 Å². The Morgan fingerprint density at radius 3 is 2.80 bits per heavy atom. The maximum Gasteiger partial charge on any atom is 0.134 e. The predicted molar refractivity (Wildman–Crippen MR) is 106 cm³/mol. The van der Waals surface area contributed by atoms with E-state index in [1.54, 1.807) is 6.20 Å². The predicted octanol–water partition coefficient (Wildman–Crippen LogP) is 4.36. The van der Waals surface area contributed by atoms with E-state index in [0.717, 1.165) is 17.0 Å². The molecule has 0 fully saturated rings. The summed E-state index contributed by atoms with van der Waals surface area (Å²) in [5.41, 5.74) is 6.95. The van der Waals surface area contributed by atoms with Crippen LogP contribution < -0.4 is 10.6 Å². The summed E-state index contributed by atoms with van der Waals surface area (Å²) in [5.74, 6) is 2.37. The number of nitrogens with two attached hydrogens (primary N) is 1. The molecule has 5 heteroatoms. The van der Waals surface area contributed by atoms with E-state index >= 15 is 0 Å². The van der Waals surface area contributed by atoms with E-state index in [4.69, 9.17) is 5.73 Å². The number of aromatic nitrogens is 2. The molecular formula is C20H18N4S. The minimum Gasteiger partial charge on any atom is -0.384 e. The van der Waals surface area contributed by atoms with Crippen LogP contribution in [-0.2, 0) is 5.75 Å². The molecule has 3 heterocycles. The fourth-order valence-electron chi connectivity index (χ4n) is 2.80. The van der Waals surface area contributed by atoms with Crippen LogP contribution in [0.2, 0.25) is 0 Å². The SMILES string of the molecule is Nc1cc(CSC2C=CC=CN2c2cc3ccccc3cn2)ccn1. The number of nitrogen functional groups attached to an aromatic ring is 1. The lowest BCUT2D eigenvalue weighted by molar-refractivity contribution is 0.980. The van der Waals surface area contributed by atoms with Crippen molar-refractivity contribution in [1.29, 1.82) is 0 Å². The Hall–Kier alpha value is -2.79. The molecule has 0 bridgehead atoms. The van der Waals surface area contributed by atoms with Crippen LogP contribution in [0.15, 0.2) is 79.3 Å². The lowest BCUT2D eigenvalue weighted by atomic mass is 10.2. The van der Waals surface area contributed by atoms with Gasteiger partial charge in [0.15, 0.2) is 0 Å². The Morgan fingerprint density at radius 2 is 1.92 bits per heavy atom. The number of allylic oxidation sites excluding steroid dienone is 2. The molecule has 1 aromatic carbocycles. The Balaban J connectivity index is 1.56. The monoisotopic (exact) mass is 346 g/mol. The van der Waals surface area contributed by atoms with E-state index in [9.17, 15) is 0 Å². The Bertz CT molecular complexity index is 951. The first kappa shape index (κ1) is 15.7. The van der Waals surface area contributed by atoms with Crippen LogP contribution in [0.4, 0.5) is 11.6 Å².